The summed E-state index contributed by atoms with van der Waals surface area (Å²) in [5.41, 5.74) is -0.0250. The standard InChI is InChI=1S/C17H19FN4O3/c1-11-20-17(25-21-11)12-7-9-22(10-12)15(23)6-8-19-16(24)13-4-2-3-5-14(13)18/h2-5,12H,6-10H2,1H3,(H,19,24)/t12-/m1/s1. The van der Waals surface area contributed by atoms with Gasteiger partial charge in [-0.25, -0.2) is 4.39 Å². The zero-order chi connectivity index (χ0) is 17.8. The van der Waals surface area contributed by atoms with Gasteiger partial charge in [0.15, 0.2) is 5.82 Å². The van der Waals surface area contributed by atoms with E-state index in [0.29, 0.717) is 24.8 Å². The normalized spacial score (nSPS) is 16.9. The molecule has 0 radical (unpaired) electrons. The summed E-state index contributed by atoms with van der Waals surface area (Å²) in [6.07, 6.45) is 0.935. The van der Waals surface area contributed by atoms with Crippen LogP contribution in [-0.4, -0.2) is 46.5 Å². The van der Waals surface area contributed by atoms with Gasteiger partial charge in [-0.1, -0.05) is 17.3 Å². The Labute approximate surface area is 144 Å². The molecule has 0 spiro atoms. The molecule has 2 heterocycles. The molecule has 0 unspecified atom stereocenters. The fraction of sp³-hybridized carbons (Fsp3) is 0.412. The highest BCUT2D eigenvalue weighted by Gasteiger charge is 2.30. The molecule has 1 aromatic heterocycles. The van der Waals surface area contributed by atoms with Crippen LogP contribution in [-0.2, 0) is 4.79 Å². The summed E-state index contributed by atoms with van der Waals surface area (Å²) in [5.74, 6) is 0.0251. The van der Waals surface area contributed by atoms with Crippen molar-refractivity contribution in [3.05, 3.63) is 47.4 Å². The van der Waals surface area contributed by atoms with Gasteiger partial charge in [0.05, 0.1) is 11.5 Å². The molecule has 1 aliphatic heterocycles. The van der Waals surface area contributed by atoms with Crippen LogP contribution in [0, 0.1) is 12.7 Å². The highest BCUT2D eigenvalue weighted by atomic mass is 19.1. The Kier molecular flexibility index (Phi) is 5.06. The Bertz CT molecular complexity index is 777. The minimum atomic E-state index is -0.580. The second-order valence-corrected chi connectivity index (χ2v) is 5.99. The fourth-order valence-corrected chi connectivity index (χ4v) is 2.85. The molecule has 132 valence electrons. The van der Waals surface area contributed by atoms with Gasteiger partial charge in [0.25, 0.3) is 5.91 Å². The number of likely N-dealkylation sites (tertiary alicyclic amines) is 1. The lowest BCUT2D eigenvalue weighted by molar-refractivity contribution is -0.130. The first kappa shape index (κ1) is 17.1. The molecule has 1 aromatic carbocycles. The van der Waals surface area contributed by atoms with E-state index < -0.39 is 11.7 Å². The average molecular weight is 346 g/mol. The van der Waals surface area contributed by atoms with Gasteiger partial charge in [-0.15, -0.1) is 0 Å². The molecule has 1 N–H and O–H groups in total. The van der Waals surface area contributed by atoms with Gasteiger partial charge in [-0.3, -0.25) is 9.59 Å². The largest absolute Gasteiger partial charge is 0.351 e. The third-order valence-electron chi connectivity index (χ3n) is 4.18. The van der Waals surface area contributed by atoms with Crippen molar-refractivity contribution in [2.75, 3.05) is 19.6 Å². The number of halogens is 1. The number of nitrogens with zero attached hydrogens (tertiary/aromatic N) is 3. The number of carbonyl (C=O) groups excluding carboxylic acids is 2. The molecule has 0 aliphatic carbocycles. The minimum absolute atomic E-state index is 0.0250. The maximum absolute atomic E-state index is 13.5. The monoisotopic (exact) mass is 346 g/mol. The van der Waals surface area contributed by atoms with Crippen LogP contribution in [0.3, 0.4) is 0 Å². The lowest BCUT2D eigenvalue weighted by Crippen LogP contribution is -2.33. The summed E-state index contributed by atoms with van der Waals surface area (Å²) in [6.45, 7) is 3.06. The molecule has 1 aliphatic rings. The molecular weight excluding hydrogens is 327 g/mol. The first-order valence-electron chi connectivity index (χ1n) is 8.15. The number of aryl methyl sites for hydroxylation is 1. The van der Waals surface area contributed by atoms with Crippen molar-refractivity contribution in [2.45, 2.75) is 25.7 Å². The summed E-state index contributed by atoms with van der Waals surface area (Å²) >= 11 is 0. The Morgan fingerprint density at radius 3 is 2.92 bits per heavy atom. The van der Waals surface area contributed by atoms with Crippen molar-refractivity contribution in [3.63, 3.8) is 0 Å². The Morgan fingerprint density at radius 2 is 2.20 bits per heavy atom. The van der Waals surface area contributed by atoms with Crippen molar-refractivity contribution in [1.29, 1.82) is 0 Å². The van der Waals surface area contributed by atoms with E-state index in [4.69, 9.17) is 4.52 Å². The topological polar surface area (TPSA) is 88.3 Å². The predicted molar refractivity (Wildman–Crippen MR) is 86.3 cm³/mol. The number of amides is 2. The minimum Gasteiger partial charge on any atom is -0.351 e. The van der Waals surface area contributed by atoms with Gasteiger partial charge >= 0.3 is 0 Å². The van der Waals surface area contributed by atoms with Gasteiger partial charge in [-0.2, -0.15) is 4.98 Å². The number of hydrogen-bond donors (Lipinski definition) is 1. The van der Waals surface area contributed by atoms with Crippen LogP contribution in [0.25, 0.3) is 0 Å². The maximum Gasteiger partial charge on any atom is 0.254 e. The third kappa shape index (κ3) is 4.01. The number of nitrogens with one attached hydrogen (secondary N) is 1. The molecular formula is C17H19FN4O3. The summed E-state index contributed by atoms with van der Waals surface area (Å²) in [4.78, 5) is 30.1. The van der Waals surface area contributed by atoms with Crippen molar-refractivity contribution >= 4 is 11.8 Å². The number of carbonyl (C=O) groups is 2. The zero-order valence-corrected chi connectivity index (χ0v) is 13.9. The zero-order valence-electron chi connectivity index (χ0n) is 13.9. The van der Waals surface area contributed by atoms with Crippen molar-refractivity contribution < 1.29 is 18.5 Å². The summed E-state index contributed by atoms with van der Waals surface area (Å²) in [7, 11) is 0. The smallest absolute Gasteiger partial charge is 0.254 e. The van der Waals surface area contributed by atoms with Crippen LogP contribution in [0.5, 0.6) is 0 Å². The summed E-state index contributed by atoms with van der Waals surface area (Å²) < 4.78 is 18.7. The Balaban J connectivity index is 1.45. The number of rotatable bonds is 5. The molecule has 0 bridgehead atoms. The van der Waals surface area contributed by atoms with Crippen molar-refractivity contribution in [3.8, 4) is 0 Å². The number of benzene rings is 1. The average Bonchev–Trinajstić information content (AvgIpc) is 3.24. The lowest BCUT2D eigenvalue weighted by Gasteiger charge is -2.16. The van der Waals surface area contributed by atoms with Crippen LogP contribution in [0.15, 0.2) is 28.8 Å². The number of hydrogen-bond acceptors (Lipinski definition) is 5. The first-order chi connectivity index (χ1) is 12.0. The van der Waals surface area contributed by atoms with Crippen molar-refractivity contribution in [2.24, 2.45) is 0 Å². The lowest BCUT2D eigenvalue weighted by atomic mass is 10.1. The van der Waals surface area contributed by atoms with E-state index in [2.05, 4.69) is 15.5 Å². The van der Waals surface area contributed by atoms with E-state index in [-0.39, 0.29) is 30.4 Å². The Hall–Kier alpha value is -2.77. The van der Waals surface area contributed by atoms with E-state index in [9.17, 15) is 14.0 Å². The molecule has 2 aromatic rings. The van der Waals surface area contributed by atoms with Gasteiger partial charge in [0.1, 0.15) is 5.82 Å². The van der Waals surface area contributed by atoms with E-state index in [0.717, 1.165) is 6.42 Å². The van der Waals surface area contributed by atoms with Crippen LogP contribution in [0.1, 0.15) is 40.8 Å². The number of aromatic nitrogens is 2. The highest BCUT2D eigenvalue weighted by Crippen LogP contribution is 2.26. The fourth-order valence-electron chi connectivity index (χ4n) is 2.85. The molecule has 1 fully saturated rings. The van der Waals surface area contributed by atoms with Gasteiger partial charge in [0, 0.05) is 26.1 Å². The van der Waals surface area contributed by atoms with E-state index in [1.54, 1.807) is 17.9 Å². The molecule has 7 nitrogen and oxygen atoms in total. The second kappa shape index (κ2) is 7.42. The van der Waals surface area contributed by atoms with E-state index >= 15 is 0 Å². The molecule has 1 atom stereocenters. The highest BCUT2D eigenvalue weighted by molar-refractivity contribution is 5.94. The Morgan fingerprint density at radius 1 is 1.40 bits per heavy atom. The maximum atomic E-state index is 13.5. The van der Waals surface area contributed by atoms with E-state index in [1.807, 2.05) is 0 Å². The van der Waals surface area contributed by atoms with Crippen LogP contribution in [0.4, 0.5) is 4.39 Å². The predicted octanol–water partition coefficient (Wildman–Crippen LogP) is 1.65. The molecule has 2 amide bonds. The molecule has 3 rings (SSSR count). The van der Waals surface area contributed by atoms with Crippen LogP contribution >= 0.6 is 0 Å². The first-order valence-corrected chi connectivity index (χ1v) is 8.15. The van der Waals surface area contributed by atoms with Gasteiger partial charge in [0.2, 0.25) is 11.8 Å². The van der Waals surface area contributed by atoms with E-state index in [1.165, 1.54) is 18.2 Å². The summed E-state index contributed by atoms with van der Waals surface area (Å²) in [6, 6.07) is 5.74. The quantitative estimate of drug-likeness (QED) is 0.889. The third-order valence-corrected chi connectivity index (χ3v) is 4.18. The molecule has 1 saturated heterocycles. The summed E-state index contributed by atoms with van der Waals surface area (Å²) in [5, 5.41) is 6.34. The van der Waals surface area contributed by atoms with Crippen LogP contribution < -0.4 is 5.32 Å². The van der Waals surface area contributed by atoms with Crippen LogP contribution in [0.2, 0.25) is 0 Å². The molecule has 8 heteroatoms. The molecule has 0 saturated carbocycles. The molecule has 25 heavy (non-hydrogen) atoms. The van der Waals surface area contributed by atoms with Gasteiger partial charge < -0.3 is 14.7 Å². The second-order valence-electron chi connectivity index (χ2n) is 5.99. The van der Waals surface area contributed by atoms with Crippen molar-refractivity contribution in [1.82, 2.24) is 20.4 Å². The SMILES string of the molecule is Cc1noc([C@@H]2CCN(C(=O)CCNC(=O)c3ccccc3F)C2)n1. The van der Waals surface area contributed by atoms with Gasteiger partial charge in [-0.05, 0) is 25.5 Å².